The number of hydrogen-bond donors (Lipinski definition) is 1. The molecular formula is C30H31NO4. The zero-order valence-corrected chi connectivity index (χ0v) is 20.4. The first-order chi connectivity index (χ1) is 16.8. The minimum Gasteiger partial charge on any atom is -0.507 e. The van der Waals surface area contributed by atoms with Crippen LogP contribution in [0.5, 0.6) is 5.75 Å². The van der Waals surface area contributed by atoms with Crippen LogP contribution in [0.15, 0.2) is 84.4 Å². The fraction of sp³-hybridized carbons (Fsp3) is 0.267. The minimum atomic E-state index is -0.731. The van der Waals surface area contributed by atoms with Gasteiger partial charge >= 0.3 is 0 Å². The molecule has 1 N–H and O–H groups in total. The Morgan fingerprint density at radius 1 is 0.971 bits per heavy atom. The first-order valence-electron chi connectivity index (χ1n) is 12.0. The van der Waals surface area contributed by atoms with E-state index in [4.69, 9.17) is 4.74 Å². The molecule has 1 aliphatic heterocycles. The molecule has 1 aliphatic rings. The summed E-state index contributed by atoms with van der Waals surface area (Å²) in [6.07, 6.45) is 0.921. The summed E-state index contributed by atoms with van der Waals surface area (Å²) in [5.74, 6) is -0.293. The number of carbonyl (C=O) groups excluding carboxylic acids is 2. The van der Waals surface area contributed by atoms with E-state index in [0.717, 1.165) is 23.1 Å². The number of rotatable bonds is 8. The lowest BCUT2D eigenvalue weighted by atomic mass is 9.94. The van der Waals surface area contributed by atoms with Gasteiger partial charge in [0.1, 0.15) is 11.5 Å². The van der Waals surface area contributed by atoms with Gasteiger partial charge in [0.2, 0.25) is 0 Å². The third kappa shape index (κ3) is 5.46. The van der Waals surface area contributed by atoms with Gasteiger partial charge in [0.25, 0.3) is 11.7 Å². The van der Waals surface area contributed by atoms with E-state index in [1.165, 1.54) is 4.90 Å². The average Bonchev–Trinajstić information content (AvgIpc) is 3.09. The van der Waals surface area contributed by atoms with Crippen LogP contribution in [0.3, 0.4) is 0 Å². The first kappa shape index (κ1) is 24.3. The highest BCUT2D eigenvalue weighted by Gasteiger charge is 2.46. The number of ketones is 1. The number of aliphatic hydroxyl groups is 1. The second-order valence-corrected chi connectivity index (χ2v) is 9.38. The number of ether oxygens (including phenoxy) is 1. The van der Waals surface area contributed by atoms with Crippen molar-refractivity contribution in [3.05, 3.63) is 107 Å². The van der Waals surface area contributed by atoms with Crippen LogP contribution in [0.2, 0.25) is 0 Å². The molecule has 0 saturated carbocycles. The predicted molar refractivity (Wildman–Crippen MR) is 137 cm³/mol. The van der Waals surface area contributed by atoms with Gasteiger partial charge in [0.15, 0.2) is 0 Å². The van der Waals surface area contributed by atoms with Gasteiger partial charge in [-0.05, 0) is 42.5 Å². The van der Waals surface area contributed by atoms with Crippen molar-refractivity contribution < 1.29 is 19.4 Å². The molecular weight excluding hydrogens is 438 g/mol. The summed E-state index contributed by atoms with van der Waals surface area (Å²) in [5.41, 5.74) is 3.25. The SMILES string of the molecule is Cc1ccc(C(O)=C2C(=O)C(=O)N(Cc3ccccc3)C2c2cccc(OCCC(C)C)c2)cc1. The van der Waals surface area contributed by atoms with Gasteiger partial charge < -0.3 is 14.7 Å². The molecule has 0 aromatic heterocycles. The van der Waals surface area contributed by atoms with Gasteiger partial charge in [-0.1, -0.05) is 86.1 Å². The summed E-state index contributed by atoms with van der Waals surface area (Å²) < 4.78 is 5.95. The Balaban J connectivity index is 1.78. The zero-order chi connectivity index (χ0) is 24.9. The standard InChI is InChI=1S/C30H31NO4/c1-20(2)16-17-35-25-11-7-10-24(18-25)27-26(28(32)23-14-12-21(3)13-15-23)29(33)30(34)31(27)19-22-8-5-4-6-9-22/h4-15,18,20,27,32H,16-17,19H2,1-3H3. The van der Waals surface area contributed by atoms with Crippen molar-refractivity contribution in [2.24, 2.45) is 5.92 Å². The Morgan fingerprint density at radius 3 is 2.37 bits per heavy atom. The quantitative estimate of drug-likeness (QED) is 0.248. The molecule has 4 rings (SSSR count). The molecule has 1 fully saturated rings. The van der Waals surface area contributed by atoms with E-state index in [1.54, 1.807) is 12.1 Å². The van der Waals surface area contributed by atoms with Crippen LogP contribution in [0.4, 0.5) is 0 Å². The number of hydrogen-bond acceptors (Lipinski definition) is 4. The Kier molecular flexibility index (Phi) is 7.35. The zero-order valence-electron chi connectivity index (χ0n) is 20.4. The third-order valence-corrected chi connectivity index (χ3v) is 6.20. The number of amides is 1. The molecule has 1 saturated heterocycles. The van der Waals surface area contributed by atoms with Crippen molar-refractivity contribution in [3.63, 3.8) is 0 Å². The van der Waals surface area contributed by atoms with E-state index in [1.807, 2.05) is 73.7 Å². The largest absolute Gasteiger partial charge is 0.507 e. The van der Waals surface area contributed by atoms with Crippen LogP contribution >= 0.6 is 0 Å². The van der Waals surface area contributed by atoms with Crippen LogP contribution in [0.25, 0.3) is 5.76 Å². The summed E-state index contributed by atoms with van der Waals surface area (Å²) in [7, 11) is 0. The van der Waals surface area contributed by atoms with Crippen molar-refractivity contribution in [1.29, 1.82) is 0 Å². The highest BCUT2D eigenvalue weighted by atomic mass is 16.5. The Labute approximate surface area is 206 Å². The monoisotopic (exact) mass is 469 g/mol. The van der Waals surface area contributed by atoms with Crippen molar-refractivity contribution in [2.45, 2.75) is 39.8 Å². The number of benzene rings is 3. The summed E-state index contributed by atoms with van der Waals surface area (Å²) in [6, 6.07) is 23.5. The first-order valence-corrected chi connectivity index (χ1v) is 12.0. The minimum absolute atomic E-state index is 0.0918. The number of nitrogens with zero attached hydrogens (tertiary/aromatic N) is 1. The Morgan fingerprint density at radius 2 is 1.69 bits per heavy atom. The van der Waals surface area contributed by atoms with Crippen LogP contribution in [0.1, 0.15) is 48.6 Å². The summed E-state index contributed by atoms with van der Waals surface area (Å²) in [6.45, 7) is 7.06. The molecule has 1 unspecified atom stereocenters. The van der Waals surface area contributed by atoms with E-state index in [2.05, 4.69) is 13.8 Å². The molecule has 35 heavy (non-hydrogen) atoms. The van der Waals surface area contributed by atoms with E-state index in [0.29, 0.717) is 23.8 Å². The lowest BCUT2D eigenvalue weighted by molar-refractivity contribution is -0.140. The average molecular weight is 470 g/mol. The highest BCUT2D eigenvalue weighted by Crippen LogP contribution is 2.41. The molecule has 1 heterocycles. The molecule has 0 aliphatic carbocycles. The topological polar surface area (TPSA) is 66.8 Å². The molecule has 5 nitrogen and oxygen atoms in total. The molecule has 1 amide bonds. The second-order valence-electron chi connectivity index (χ2n) is 9.38. The van der Waals surface area contributed by atoms with E-state index in [9.17, 15) is 14.7 Å². The lowest BCUT2D eigenvalue weighted by Crippen LogP contribution is -2.29. The van der Waals surface area contributed by atoms with Crippen molar-refractivity contribution in [3.8, 4) is 5.75 Å². The van der Waals surface area contributed by atoms with Gasteiger partial charge in [-0.25, -0.2) is 0 Å². The normalized spacial score (nSPS) is 17.3. The number of carbonyl (C=O) groups is 2. The summed E-state index contributed by atoms with van der Waals surface area (Å²) in [4.78, 5) is 28.0. The molecule has 0 bridgehead atoms. The number of aliphatic hydroxyl groups excluding tert-OH is 1. The summed E-state index contributed by atoms with van der Waals surface area (Å²) >= 11 is 0. The van der Waals surface area contributed by atoms with Crippen LogP contribution < -0.4 is 4.74 Å². The maximum atomic E-state index is 13.3. The molecule has 3 aromatic rings. The van der Waals surface area contributed by atoms with Gasteiger partial charge in [0.05, 0.1) is 18.2 Å². The van der Waals surface area contributed by atoms with E-state index >= 15 is 0 Å². The molecule has 5 heteroatoms. The van der Waals surface area contributed by atoms with E-state index in [-0.39, 0.29) is 17.9 Å². The number of Topliss-reactive ketones (excluding diaryl/α,β-unsaturated/α-hetero) is 1. The van der Waals surface area contributed by atoms with E-state index < -0.39 is 17.7 Å². The van der Waals surface area contributed by atoms with Crippen molar-refractivity contribution >= 4 is 17.4 Å². The Bertz CT molecular complexity index is 1230. The maximum Gasteiger partial charge on any atom is 0.295 e. The Hall–Kier alpha value is -3.86. The maximum absolute atomic E-state index is 13.3. The van der Waals surface area contributed by atoms with Crippen LogP contribution in [0, 0.1) is 12.8 Å². The fourth-order valence-electron chi connectivity index (χ4n) is 4.22. The number of likely N-dealkylation sites (tertiary alicyclic amines) is 1. The fourth-order valence-corrected chi connectivity index (χ4v) is 4.22. The molecule has 180 valence electrons. The molecule has 0 spiro atoms. The molecule has 0 radical (unpaired) electrons. The van der Waals surface area contributed by atoms with Crippen molar-refractivity contribution in [2.75, 3.05) is 6.61 Å². The van der Waals surface area contributed by atoms with Gasteiger partial charge in [0, 0.05) is 12.1 Å². The molecule has 1 atom stereocenters. The van der Waals surface area contributed by atoms with Gasteiger partial charge in [-0.15, -0.1) is 0 Å². The summed E-state index contributed by atoms with van der Waals surface area (Å²) in [5, 5.41) is 11.2. The van der Waals surface area contributed by atoms with Crippen LogP contribution in [-0.4, -0.2) is 28.3 Å². The molecule has 3 aromatic carbocycles. The van der Waals surface area contributed by atoms with Crippen LogP contribution in [-0.2, 0) is 16.1 Å². The predicted octanol–water partition coefficient (Wildman–Crippen LogP) is 6.04. The van der Waals surface area contributed by atoms with Gasteiger partial charge in [-0.2, -0.15) is 0 Å². The van der Waals surface area contributed by atoms with Crippen molar-refractivity contribution in [1.82, 2.24) is 4.90 Å². The lowest BCUT2D eigenvalue weighted by Gasteiger charge is -2.26. The highest BCUT2D eigenvalue weighted by molar-refractivity contribution is 6.46. The van der Waals surface area contributed by atoms with Gasteiger partial charge in [-0.3, -0.25) is 9.59 Å². The third-order valence-electron chi connectivity index (χ3n) is 6.20. The second kappa shape index (κ2) is 10.6. The smallest absolute Gasteiger partial charge is 0.295 e. The number of aryl methyl sites for hydroxylation is 1.